The van der Waals surface area contributed by atoms with Crippen molar-refractivity contribution in [3.05, 3.63) is 0 Å². The number of hydrogen-bond donors (Lipinski definition) is 3. The van der Waals surface area contributed by atoms with E-state index < -0.39 is 24.0 Å². The van der Waals surface area contributed by atoms with Crippen molar-refractivity contribution in [3.8, 4) is 0 Å². The minimum absolute atomic E-state index is 0.0163. The molecule has 26 heavy (non-hydrogen) atoms. The quantitative estimate of drug-likeness (QED) is 0.399. The molecule has 0 aromatic carbocycles. The van der Waals surface area contributed by atoms with Crippen LogP contribution in [0.4, 0.5) is 9.59 Å². The zero-order valence-corrected chi connectivity index (χ0v) is 15.7. The van der Waals surface area contributed by atoms with Gasteiger partial charge in [0.05, 0.1) is 6.61 Å². The molecule has 0 fully saturated rings. The van der Waals surface area contributed by atoms with Crippen LogP contribution in [-0.4, -0.2) is 35.7 Å². The summed E-state index contributed by atoms with van der Waals surface area (Å²) in [7, 11) is 0. The summed E-state index contributed by atoms with van der Waals surface area (Å²) in [4.78, 5) is 44.3. The maximum atomic E-state index is 11.5. The smallest absolute Gasteiger partial charge is 0.413 e. The van der Waals surface area contributed by atoms with Crippen LogP contribution < -0.4 is 10.6 Å². The molecule has 0 aliphatic heterocycles. The van der Waals surface area contributed by atoms with Gasteiger partial charge in [-0.3, -0.25) is 20.2 Å². The highest BCUT2D eigenvalue weighted by molar-refractivity contribution is 5.92. The fraction of sp³-hybridized carbons (Fsp3) is 0.778. The summed E-state index contributed by atoms with van der Waals surface area (Å²) in [6, 6.07) is 0. The zero-order valence-electron chi connectivity index (χ0n) is 15.7. The van der Waals surface area contributed by atoms with Gasteiger partial charge >= 0.3 is 12.2 Å². The monoisotopic (exact) mass is 372 g/mol. The molecule has 0 heterocycles. The van der Waals surface area contributed by atoms with Crippen molar-refractivity contribution >= 4 is 24.0 Å². The number of amides is 4. The molecule has 0 unspecified atom stereocenters. The Morgan fingerprint density at radius 3 is 1.77 bits per heavy atom. The molecule has 150 valence electrons. The largest absolute Gasteiger partial charge is 0.465 e. The van der Waals surface area contributed by atoms with E-state index in [-0.39, 0.29) is 12.8 Å². The van der Waals surface area contributed by atoms with Gasteiger partial charge in [0.1, 0.15) is 0 Å². The summed E-state index contributed by atoms with van der Waals surface area (Å²) in [6.45, 7) is 2.48. The Balaban J connectivity index is 3.49. The van der Waals surface area contributed by atoms with Crippen molar-refractivity contribution in [2.75, 3.05) is 6.61 Å². The minimum atomic E-state index is -1.40. The molecular formula is C18H32N2O6. The van der Waals surface area contributed by atoms with E-state index in [4.69, 9.17) is 9.84 Å². The lowest BCUT2D eigenvalue weighted by molar-refractivity contribution is -0.122. The summed E-state index contributed by atoms with van der Waals surface area (Å²) in [5, 5.41) is 12.2. The maximum Gasteiger partial charge on any atom is 0.413 e. The van der Waals surface area contributed by atoms with E-state index in [9.17, 15) is 19.2 Å². The molecule has 0 aromatic heterocycles. The molecule has 0 aromatic rings. The summed E-state index contributed by atoms with van der Waals surface area (Å²) in [5.74, 6) is -1.08. The van der Waals surface area contributed by atoms with Gasteiger partial charge in [0, 0.05) is 12.8 Å². The van der Waals surface area contributed by atoms with Crippen LogP contribution in [0.2, 0.25) is 0 Å². The number of ether oxygens (including phenoxy) is 1. The molecule has 0 bridgehead atoms. The predicted octanol–water partition coefficient (Wildman–Crippen LogP) is 3.73. The van der Waals surface area contributed by atoms with Crippen LogP contribution in [0.15, 0.2) is 0 Å². The Hall–Kier alpha value is -2.12. The molecule has 3 N–H and O–H groups in total. The number of nitrogens with one attached hydrogen (secondary N) is 2. The van der Waals surface area contributed by atoms with Gasteiger partial charge in [-0.2, -0.15) is 0 Å². The van der Waals surface area contributed by atoms with Gasteiger partial charge in [0.25, 0.3) is 0 Å². The van der Waals surface area contributed by atoms with Crippen LogP contribution >= 0.6 is 0 Å². The van der Waals surface area contributed by atoms with Gasteiger partial charge < -0.3 is 9.84 Å². The molecule has 0 aliphatic carbocycles. The van der Waals surface area contributed by atoms with Crippen LogP contribution in [0.5, 0.6) is 0 Å². The lowest BCUT2D eigenvalue weighted by atomic mass is 10.1. The molecule has 0 rings (SSSR count). The first-order chi connectivity index (χ1) is 12.5. The summed E-state index contributed by atoms with van der Waals surface area (Å²) < 4.78 is 4.95. The van der Waals surface area contributed by atoms with Crippen LogP contribution in [0.3, 0.4) is 0 Å². The fourth-order valence-electron chi connectivity index (χ4n) is 2.37. The van der Waals surface area contributed by atoms with E-state index in [1.54, 1.807) is 5.32 Å². The Morgan fingerprint density at radius 2 is 1.23 bits per heavy atom. The molecule has 0 aliphatic rings. The van der Waals surface area contributed by atoms with Crippen molar-refractivity contribution in [1.29, 1.82) is 0 Å². The van der Waals surface area contributed by atoms with Gasteiger partial charge in [0.2, 0.25) is 11.8 Å². The Labute approximate surface area is 155 Å². The number of imide groups is 2. The number of carbonyl (C=O) groups excluding carboxylic acids is 3. The Kier molecular flexibility index (Phi) is 15.0. The van der Waals surface area contributed by atoms with Crippen LogP contribution in [0.1, 0.15) is 84.0 Å². The number of carboxylic acid groups (broad SMARTS) is 1. The normalized spacial score (nSPS) is 10.2. The fourth-order valence-corrected chi connectivity index (χ4v) is 2.37. The molecule has 0 radical (unpaired) electrons. The molecular weight excluding hydrogens is 340 g/mol. The average molecular weight is 372 g/mol. The summed E-state index contributed by atoms with van der Waals surface area (Å²) in [5.41, 5.74) is 0. The molecule has 0 spiro atoms. The molecule has 0 saturated carbocycles. The molecule has 0 saturated heterocycles. The van der Waals surface area contributed by atoms with Crippen LogP contribution in [0, 0.1) is 0 Å². The lowest BCUT2D eigenvalue weighted by Gasteiger charge is -2.06. The third-order valence-electron chi connectivity index (χ3n) is 3.78. The Bertz CT molecular complexity index is 439. The van der Waals surface area contributed by atoms with Gasteiger partial charge in [0.15, 0.2) is 0 Å². The first kappa shape index (κ1) is 23.9. The van der Waals surface area contributed by atoms with E-state index in [0.717, 1.165) is 19.3 Å². The SMILES string of the molecule is CCCCCCCCCCOC(=O)NC(=O)CCCCC(=O)NC(=O)O. The summed E-state index contributed by atoms with van der Waals surface area (Å²) >= 11 is 0. The second-order valence-corrected chi connectivity index (χ2v) is 6.22. The maximum absolute atomic E-state index is 11.5. The van der Waals surface area contributed by atoms with Gasteiger partial charge in [-0.1, -0.05) is 51.9 Å². The molecule has 8 nitrogen and oxygen atoms in total. The number of rotatable bonds is 14. The zero-order chi connectivity index (χ0) is 19.6. The highest BCUT2D eigenvalue weighted by Crippen LogP contribution is 2.08. The van der Waals surface area contributed by atoms with Gasteiger partial charge in [-0.15, -0.1) is 0 Å². The number of unbranched alkanes of at least 4 members (excludes halogenated alkanes) is 8. The predicted molar refractivity (Wildman–Crippen MR) is 96.7 cm³/mol. The van der Waals surface area contributed by atoms with Gasteiger partial charge in [-0.25, -0.2) is 9.59 Å². The van der Waals surface area contributed by atoms with Gasteiger partial charge in [-0.05, 0) is 19.3 Å². The van der Waals surface area contributed by atoms with Crippen molar-refractivity contribution in [2.45, 2.75) is 84.0 Å². The first-order valence-corrected chi connectivity index (χ1v) is 9.45. The van der Waals surface area contributed by atoms with E-state index in [2.05, 4.69) is 12.2 Å². The molecule has 0 atom stereocenters. The molecule has 4 amide bonds. The number of carbonyl (C=O) groups is 4. The third kappa shape index (κ3) is 16.7. The van der Waals surface area contributed by atoms with Crippen LogP contribution in [-0.2, 0) is 14.3 Å². The summed E-state index contributed by atoms with van der Waals surface area (Å²) in [6.07, 6.45) is 7.86. The second kappa shape index (κ2) is 16.4. The highest BCUT2D eigenvalue weighted by atomic mass is 16.5. The minimum Gasteiger partial charge on any atom is -0.465 e. The highest BCUT2D eigenvalue weighted by Gasteiger charge is 2.10. The molecule has 8 heteroatoms. The van der Waals surface area contributed by atoms with E-state index >= 15 is 0 Å². The number of hydrogen-bond acceptors (Lipinski definition) is 5. The van der Waals surface area contributed by atoms with E-state index in [1.165, 1.54) is 32.1 Å². The van der Waals surface area contributed by atoms with Crippen LogP contribution in [0.25, 0.3) is 0 Å². The first-order valence-electron chi connectivity index (χ1n) is 9.45. The second-order valence-electron chi connectivity index (χ2n) is 6.22. The standard InChI is InChI=1S/C18H32N2O6/c1-2-3-4-5-6-7-8-11-14-26-18(25)20-16(22)13-10-9-12-15(21)19-17(23)24/h2-14H2,1H3,(H,19,21)(H,23,24)(H,20,22,25). The lowest BCUT2D eigenvalue weighted by Crippen LogP contribution is -2.31. The van der Waals surface area contributed by atoms with Crippen molar-refractivity contribution in [2.24, 2.45) is 0 Å². The van der Waals surface area contributed by atoms with E-state index in [0.29, 0.717) is 19.4 Å². The van der Waals surface area contributed by atoms with E-state index in [1.807, 2.05) is 0 Å². The average Bonchev–Trinajstić information content (AvgIpc) is 2.56. The Morgan fingerprint density at radius 1 is 0.731 bits per heavy atom. The topological polar surface area (TPSA) is 122 Å². The van der Waals surface area contributed by atoms with Crippen molar-refractivity contribution in [3.63, 3.8) is 0 Å². The van der Waals surface area contributed by atoms with Crippen molar-refractivity contribution in [1.82, 2.24) is 10.6 Å². The van der Waals surface area contributed by atoms with Crippen molar-refractivity contribution < 1.29 is 29.0 Å². The third-order valence-corrected chi connectivity index (χ3v) is 3.78. The number of alkyl carbamates (subject to hydrolysis) is 1.